The van der Waals surface area contributed by atoms with E-state index in [-0.39, 0.29) is 23.3 Å². The van der Waals surface area contributed by atoms with Gasteiger partial charge in [0.25, 0.3) is 0 Å². The molecule has 0 radical (unpaired) electrons. The number of aromatic nitrogens is 2. The van der Waals surface area contributed by atoms with Crippen molar-refractivity contribution in [1.82, 2.24) is 20.4 Å². The minimum Gasteiger partial charge on any atom is -0.335 e. The monoisotopic (exact) mass is 358 g/mol. The molecule has 0 saturated heterocycles. The average Bonchev–Trinajstić information content (AvgIpc) is 2.90. The third kappa shape index (κ3) is 4.23. The number of carbonyl (C=O) groups excluding carboxylic acids is 1. The molecule has 5 nitrogen and oxygen atoms in total. The first-order chi connectivity index (χ1) is 12.2. The molecule has 3 rings (SSSR count). The first-order valence-corrected chi connectivity index (χ1v) is 9.05. The highest BCUT2D eigenvalue weighted by molar-refractivity contribution is 5.74. The number of rotatable bonds is 3. The number of fused-ring (bicyclic) bond motifs is 1. The quantitative estimate of drug-likeness (QED) is 0.881. The maximum atomic E-state index is 13.3. The van der Waals surface area contributed by atoms with Crippen LogP contribution in [-0.4, -0.2) is 33.7 Å². The van der Waals surface area contributed by atoms with Gasteiger partial charge in [-0.3, -0.25) is 5.10 Å². The fourth-order valence-corrected chi connectivity index (χ4v) is 3.65. The molecule has 26 heavy (non-hydrogen) atoms. The highest BCUT2D eigenvalue weighted by atomic mass is 19.1. The maximum Gasteiger partial charge on any atom is 0.317 e. The van der Waals surface area contributed by atoms with Gasteiger partial charge in [0.15, 0.2) is 0 Å². The molecule has 2 heterocycles. The Hall–Kier alpha value is -2.37. The molecule has 6 heteroatoms. The summed E-state index contributed by atoms with van der Waals surface area (Å²) < 4.78 is 13.3. The second-order valence-electron chi connectivity index (χ2n) is 8.20. The Balaban J connectivity index is 1.67. The lowest BCUT2D eigenvalue weighted by Crippen LogP contribution is -2.46. The number of hydrogen-bond donors (Lipinski definition) is 2. The molecule has 140 valence electrons. The molecule has 0 aliphatic carbocycles. The van der Waals surface area contributed by atoms with Crippen molar-refractivity contribution in [1.29, 1.82) is 0 Å². The van der Waals surface area contributed by atoms with E-state index in [0.29, 0.717) is 19.5 Å². The average molecular weight is 358 g/mol. The Morgan fingerprint density at radius 1 is 1.46 bits per heavy atom. The number of urea groups is 1. The van der Waals surface area contributed by atoms with Gasteiger partial charge in [-0.15, -0.1) is 0 Å². The smallest absolute Gasteiger partial charge is 0.317 e. The normalized spacial score (nSPS) is 17.3. The van der Waals surface area contributed by atoms with E-state index in [2.05, 4.69) is 29.4 Å². The fraction of sp³-hybridized carbons (Fsp3) is 0.500. The van der Waals surface area contributed by atoms with Crippen LogP contribution in [-0.2, 0) is 19.4 Å². The number of nitrogens with one attached hydrogen (secondary N) is 2. The molecule has 2 aromatic rings. The van der Waals surface area contributed by atoms with Crippen molar-refractivity contribution >= 4 is 6.03 Å². The van der Waals surface area contributed by atoms with Gasteiger partial charge in [-0.1, -0.05) is 19.9 Å². The lowest BCUT2D eigenvalue weighted by atomic mass is 9.88. The number of nitrogens with zero attached hydrogens (tertiary/aromatic N) is 2. The lowest BCUT2D eigenvalue weighted by molar-refractivity contribution is 0.165. The van der Waals surface area contributed by atoms with Gasteiger partial charge >= 0.3 is 6.03 Å². The summed E-state index contributed by atoms with van der Waals surface area (Å²) in [7, 11) is 0. The molecular formula is C20H27FN4O. The summed E-state index contributed by atoms with van der Waals surface area (Å²) in [4.78, 5) is 14.7. The van der Waals surface area contributed by atoms with E-state index in [1.54, 1.807) is 6.07 Å². The molecule has 1 unspecified atom stereocenters. The zero-order valence-electron chi connectivity index (χ0n) is 15.9. The van der Waals surface area contributed by atoms with Crippen molar-refractivity contribution < 1.29 is 9.18 Å². The number of aromatic amines is 1. The van der Waals surface area contributed by atoms with Crippen LogP contribution in [0.4, 0.5) is 9.18 Å². The summed E-state index contributed by atoms with van der Waals surface area (Å²) >= 11 is 0. The van der Waals surface area contributed by atoms with Crippen LogP contribution in [0.1, 0.15) is 43.2 Å². The summed E-state index contributed by atoms with van der Waals surface area (Å²) in [5.41, 5.74) is 4.12. The third-order valence-corrected chi connectivity index (χ3v) is 4.93. The Morgan fingerprint density at radius 2 is 2.23 bits per heavy atom. The van der Waals surface area contributed by atoms with Crippen LogP contribution < -0.4 is 5.32 Å². The molecule has 0 bridgehead atoms. The van der Waals surface area contributed by atoms with Gasteiger partial charge in [-0.2, -0.15) is 5.10 Å². The van der Waals surface area contributed by atoms with Crippen molar-refractivity contribution in [3.05, 3.63) is 52.6 Å². The van der Waals surface area contributed by atoms with E-state index in [9.17, 15) is 9.18 Å². The van der Waals surface area contributed by atoms with Gasteiger partial charge in [0, 0.05) is 23.8 Å². The van der Waals surface area contributed by atoms with Gasteiger partial charge in [0.2, 0.25) is 0 Å². The summed E-state index contributed by atoms with van der Waals surface area (Å²) in [6.45, 7) is 9.44. The number of carbonyl (C=O) groups is 1. The van der Waals surface area contributed by atoms with E-state index < -0.39 is 0 Å². The number of H-pyrrole nitrogens is 1. The van der Waals surface area contributed by atoms with Crippen LogP contribution in [0.25, 0.3) is 0 Å². The minimum absolute atomic E-state index is 0.0219. The molecule has 1 atom stereocenters. The molecule has 1 aromatic heterocycles. The number of hydrogen-bond acceptors (Lipinski definition) is 2. The Bertz CT molecular complexity index is 799. The second kappa shape index (κ2) is 7.09. The van der Waals surface area contributed by atoms with Crippen molar-refractivity contribution in [2.24, 2.45) is 5.41 Å². The van der Waals surface area contributed by atoms with Crippen molar-refractivity contribution in [2.75, 3.05) is 6.54 Å². The Kier molecular flexibility index (Phi) is 5.03. The van der Waals surface area contributed by atoms with Crippen molar-refractivity contribution in [3.8, 4) is 0 Å². The maximum absolute atomic E-state index is 13.3. The van der Waals surface area contributed by atoms with E-state index in [1.807, 2.05) is 24.9 Å². The van der Waals surface area contributed by atoms with Crippen LogP contribution in [0.2, 0.25) is 0 Å². The molecule has 1 aromatic carbocycles. The molecule has 2 N–H and O–H groups in total. The van der Waals surface area contributed by atoms with E-state index >= 15 is 0 Å². The first-order valence-electron chi connectivity index (χ1n) is 9.05. The highest BCUT2D eigenvalue weighted by Gasteiger charge is 2.31. The molecular weight excluding hydrogens is 331 g/mol. The first kappa shape index (κ1) is 18.4. The summed E-state index contributed by atoms with van der Waals surface area (Å²) in [5, 5.41) is 10.3. The zero-order valence-corrected chi connectivity index (χ0v) is 15.9. The Labute approximate surface area is 154 Å². The number of halogens is 1. The van der Waals surface area contributed by atoms with E-state index in [1.165, 1.54) is 12.1 Å². The van der Waals surface area contributed by atoms with E-state index in [0.717, 1.165) is 28.8 Å². The largest absolute Gasteiger partial charge is 0.335 e. The van der Waals surface area contributed by atoms with Gasteiger partial charge in [0.1, 0.15) is 5.82 Å². The van der Waals surface area contributed by atoms with E-state index in [4.69, 9.17) is 0 Å². The summed E-state index contributed by atoms with van der Waals surface area (Å²) in [6.07, 6.45) is 3.35. The highest BCUT2D eigenvalue weighted by Crippen LogP contribution is 2.29. The molecule has 1 aliphatic rings. The van der Waals surface area contributed by atoms with Crippen LogP contribution in [0.15, 0.2) is 24.4 Å². The molecule has 2 amide bonds. The second-order valence-corrected chi connectivity index (χ2v) is 8.20. The van der Waals surface area contributed by atoms with Gasteiger partial charge in [-0.25, -0.2) is 9.18 Å². The fourth-order valence-electron chi connectivity index (χ4n) is 3.65. The number of benzene rings is 1. The zero-order chi connectivity index (χ0) is 18.9. The predicted octanol–water partition coefficient (Wildman–Crippen LogP) is 3.58. The van der Waals surface area contributed by atoms with Crippen LogP contribution >= 0.6 is 0 Å². The van der Waals surface area contributed by atoms with Crippen LogP contribution in [0, 0.1) is 18.2 Å². The lowest BCUT2D eigenvalue weighted by Gasteiger charge is -2.30. The molecule has 0 fully saturated rings. The number of amides is 2. The summed E-state index contributed by atoms with van der Waals surface area (Å²) in [6, 6.07) is 4.68. The van der Waals surface area contributed by atoms with Gasteiger partial charge in [-0.05, 0) is 55.4 Å². The SMILES string of the molecule is Cc1cc(F)ccc1CC(C)NC(=O)N1Cc2cn[nH]c2CC(C)(C)C1. The molecule has 1 aliphatic heterocycles. The molecule has 0 spiro atoms. The number of aryl methyl sites for hydroxylation is 1. The van der Waals surface area contributed by atoms with Gasteiger partial charge < -0.3 is 10.2 Å². The molecule has 0 saturated carbocycles. The summed E-state index contributed by atoms with van der Waals surface area (Å²) in [5.74, 6) is -0.231. The topological polar surface area (TPSA) is 61.0 Å². The van der Waals surface area contributed by atoms with Crippen molar-refractivity contribution in [2.45, 2.75) is 53.1 Å². The Morgan fingerprint density at radius 3 is 2.96 bits per heavy atom. The van der Waals surface area contributed by atoms with Crippen LogP contribution in [0.3, 0.4) is 0 Å². The van der Waals surface area contributed by atoms with Crippen molar-refractivity contribution in [3.63, 3.8) is 0 Å². The van der Waals surface area contributed by atoms with Crippen LogP contribution in [0.5, 0.6) is 0 Å². The van der Waals surface area contributed by atoms with Gasteiger partial charge in [0.05, 0.1) is 12.7 Å². The third-order valence-electron chi connectivity index (χ3n) is 4.93. The standard InChI is InChI=1S/C20H27FN4O/c1-13-7-17(21)6-5-15(13)8-14(2)23-19(26)25-11-16-10-22-24-18(16)9-20(3,4)12-25/h5-7,10,14H,8-9,11-12H2,1-4H3,(H,22,24)(H,23,26). The minimum atomic E-state index is -0.231. The predicted molar refractivity (Wildman–Crippen MR) is 99.3 cm³/mol.